The molecule has 132 valence electrons. The first-order valence-electron chi connectivity index (χ1n) is 9.33. The quantitative estimate of drug-likeness (QED) is 0.677. The minimum atomic E-state index is 0.332. The van der Waals surface area contributed by atoms with Crippen LogP contribution in [0.25, 0.3) is 11.3 Å². The second-order valence-corrected chi connectivity index (χ2v) is 6.91. The summed E-state index contributed by atoms with van der Waals surface area (Å²) >= 11 is 0. The molecular weight excluding hydrogens is 308 g/mol. The van der Waals surface area contributed by atoms with E-state index in [1.807, 2.05) is 24.3 Å². The molecule has 2 aromatic rings. The molecule has 2 N–H and O–H groups in total. The van der Waals surface area contributed by atoms with E-state index in [2.05, 4.69) is 47.7 Å². The van der Waals surface area contributed by atoms with Crippen LogP contribution in [-0.2, 0) is 0 Å². The zero-order valence-corrected chi connectivity index (χ0v) is 15.3. The number of hydrogen-bond donors (Lipinski definition) is 2. The van der Waals surface area contributed by atoms with Gasteiger partial charge >= 0.3 is 0 Å². The number of anilines is 2. The van der Waals surface area contributed by atoms with Crippen LogP contribution in [0.15, 0.2) is 48.0 Å². The van der Waals surface area contributed by atoms with Crippen molar-refractivity contribution in [3.63, 3.8) is 0 Å². The van der Waals surface area contributed by atoms with Gasteiger partial charge in [0.25, 0.3) is 0 Å². The molecular formula is C21H28N4. The molecule has 0 fully saturated rings. The zero-order chi connectivity index (χ0) is 17.5. The summed E-state index contributed by atoms with van der Waals surface area (Å²) in [5, 5.41) is 6.81. The maximum Gasteiger partial charge on any atom is 0.225 e. The Hall–Kier alpha value is -2.36. The lowest BCUT2D eigenvalue weighted by Gasteiger charge is -2.15. The van der Waals surface area contributed by atoms with Crippen LogP contribution in [0.4, 0.5) is 11.8 Å². The number of allylic oxidation sites excluding steroid dienone is 1. The van der Waals surface area contributed by atoms with E-state index in [0.717, 1.165) is 30.0 Å². The van der Waals surface area contributed by atoms with Gasteiger partial charge in [-0.15, -0.1) is 0 Å². The lowest BCUT2D eigenvalue weighted by atomic mass is 9.97. The van der Waals surface area contributed by atoms with Crippen LogP contribution in [0.3, 0.4) is 0 Å². The second-order valence-electron chi connectivity index (χ2n) is 6.91. The Bertz CT molecular complexity index is 707. The molecule has 0 spiro atoms. The molecule has 0 aliphatic heterocycles. The Morgan fingerprint density at radius 1 is 1.08 bits per heavy atom. The summed E-state index contributed by atoms with van der Waals surface area (Å²) in [5.74, 6) is 1.56. The fraction of sp³-hybridized carbons (Fsp3) is 0.429. The van der Waals surface area contributed by atoms with Gasteiger partial charge < -0.3 is 10.6 Å². The predicted molar refractivity (Wildman–Crippen MR) is 106 cm³/mol. The van der Waals surface area contributed by atoms with Crippen molar-refractivity contribution in [2.24, 2.45) is 0 Å². The van der Waals surface area contributed by atoms with Crippen LogP contribution in [0.2, 0.25) is 0 Å². The van der Waals surface area contributed by atoms with Crippen molar-refractivity contribution < 1.29 is 0 Å². The Balaban J connectivity index is 1.73. The van der Waals surface area contributed by atoms with Gasteiger partial charge in [-0.2, -0.15) is 4.98 Å². The highest BCUT2D eigenvalue weighted by Crippen LogP contribution is 2.23. The molecule has 1 aromatic carbocycles. The van der Waals surface area contributed by atoms with Crippen molar-refractivity contribution in [2.45, 2.75) is 52.0 Å². The zero-order valence-electron chi connectivity index (χ0n) is 15.3. The minimum Gasteiger partial charge on any atom is -0.368 e. The van der Waals surface area contributed by atoms with Gasteiger partial charge in [0.15, 0.2) is 0 Å². The van der Waals surface area contributed by atoms with Crippen molar-refractivity contribution in [3.8, 4) is 11.3 Å². The molecule has 0 saturated heterocycles. The van der Waals surface area contributed by atoms with Crippen molar-refractivity contribution in [1.82, 2.24) is 9.97 Å². The molecule has 1 aromatic heterocycles. The summed E-state index contributed by atoms with van der Waals surface area (Å²) in [6.45, 7) is 5.12. The summed E-state index contributed by atoms with van der Waals surface area (Å²) in [7, 11) is 0. The summed E-state index contributed by atoms with van der Waals surface area (Å²) in [6.07, 6.45) is 8.62. The molecule has 25 heavy (non-hydrogen) atoms. The van der Waals surface area contributed by atoms with E-state index in [-0.39, 0.29) is 0 Å². The van der Waals surface area contributed by atoms with Crippen molar-refractivity contribution in [3.05, 3.63) is 48.0 Å². The highest BCUT2D eigenvalue weighted by molar-refractivity contribution is 5.64. The van der Waals surface area contributed by atoms with Crippen LogP contribution < -0.4 is 10.6 Å². The standard InChI is InChI=1S/C21H28N4/c1-16(2)23-20-15-19(18-11-7-4-8-12-18)24-21(25-20)22-14-13-17-9-5-3-6-10-17/h4,7-9,11-12,15-16H,3,5-6,10,13-14H2,1-2H3,(H2,22,23,24,25). The van der Waals surface area contributed by atoms with Gasteiger partial charge in [0, 0.05) is 24.2 Å². The summed E-state index contributed by atoms with van der Waals surface area (Å²) in [5.41, 5.74) is 3.62. The maximum absolute atomic E-state index is 4.71. The number of nitrogens with zero attached hydrogens (tertiary/aromatic N) is 2. The van der Waals surface area contributed by atoms with Gasteiger partial charge in [-0.3, -0.25) is 0 Å². The smallest absolute Gasteiger partial charge is 0.225 e. The molecule has 3 rings (SSSR count). The third-order valence-corrected chi connectivity index (χ3v) is 4.35. The molecule has 1 heterocycles. The number of benzene rings is 1. The average molecular weight is 336 g/mol. The lowest BCUT2D eigenvalue weighted by molar-refractivity contribution is 0.679. The predicted octanol–water partition coefficient (Wildman–Crippen LogP) is 5.27. The van der Waals surface area contributed by atoms with E-state index in [1.165, 1.54) is 25.7 Å². The highest BCUT2D eigenvalue weighted by atomic mass is 15.1. The van der Waals surface area contributed by atoms with Crippen molar-refractivity contribution in [2.75, 3.05) is 17.2 Å². The Morgan fingerprint density at radius 2 is 1.92 bits per heavy atom. The first-order valence-corrected chi connectivity index (χ1v) is 9.33. The number of aromatic nitrogens is 2. The van der Waals surface area contributed by atoms with Crippen LogP contribution in [-0.4, -0.2) is 22.6 Å². The van der Waals surface area contributed by atoms with Crippen LogP contribution in [0, 0.1) is 0 Å². The Morgan fingerprint density at radius 3 is 2.64 bits per heavy atom. The topological polar surface area (TPSA) is 49.8 Å². The van der Waals surface area contributed by atoms with Crippen LogP contribution in [0.5, 0.6) is 0 Å². The van der Waals surface area contributed by atoms with E-state index in [0.29, 0.717) is 12.0 Å². The summed E-state index contributed by atoms with van der Waals surface area (Å²) in [4.78, 5) is 9.34. The molecule has 0 radical (unpaired) electrons. The summed E-state index contributed by atoms with van der Waals surface area (Å²) < 4.78 is 0. The summed E-state index contributed by atoms with van der Waals surface area (Å²) in [6, 6.07) is 12.6. The molecule has 0 atom stereocenters. The third kappa shape index (κ3) is 5.31. The first-order chi connectivity index (χ1) is 12.2. The lowest BCUT2D eigenvalue weighted by Crippen LogP contribution is -2.14. The number of hydrogen-bond acceptors (Lipinski definition) is 4. The van der Waals surface area contributed by atoms with Gasteiger partial charge in [0.2, 0.25) is 5.95 Å². The molecule has 0 bridgehead atoms. The van der Waals surface area contributed by atoms with Gasteiger partial charge in [0.1, 0.15) is 5.82 Å². The Labute approximate surface area is 150 Å². The van der Waals surface area contributed by atoms with Gasteiger partial charge in [0.05, 0.1) is 5.69 Å². The van der Waals surface area contributed by atoms with Crippen LogP contribution in [0.1, 0.15) is 46.0 Å². The monoisotopic (exact) mass is 336 g/mol. The molecule has 1 aliphatic carbocycles. The highest BCUT2D eigenvalue weighted by Gasteiger charge is 2.08. The fourth-order valence-electron chi connectivity index (χ4n) is 3.12. The minimum absolute atomic E-state index is 0.332. The molecule has 0 saturated carbocycles. The SMILES string of the molecule is CC(C)Nc1cc(-c2ccccc2)nc(NCCC2=CCCCC2)n1. The molecule has 4 nitrogen and oxygen atoms in total. The van der Waals surface area contributed by atoms with Gasteiger partial charge in [-0.1, -0.05) is 42.0 Å². The van der Waals surface area contributed by atoms with E-state index >= 15 is 0 Å². The maximum atomic E-state index is 4.71. The van der Waals surface area contributed by atoms with E-state index in [4.69, 9.17) is 4.98 Å². The van der Waals surface area contributed by atoms with Gasteiger partial charge in [-0.25, -0.2) is 4.98 Å². The van der Waals surface area contributed by atoms with E-state index in [1.54, 1.807) is 5.57 Å². The van der Waals surface area contributed by atoms with Crippen molar-refractivity contribution >= 4 is 11.8 Å². The van der Waals surface area contributed by atoms with Crippen molar-refractivity contribution in [1.29, 1.82) is 0 Å². The largest absolute Gasteiger partial charge is 0.368 e. The van der Waals surface area contributed by atoms with Crippen LogP contribution >= 0.6 is 0 Å². The average Bonchev–Trinajstić information content (AvgIpc) is 2.63. The molecule has 0 amide bonds. The van der Waals surface area contributed by atoms with E-state index in [9.17, 15) is 0 Å². The second kappa shape index (κ2) is 8.65. The number of nitrogens with one attached hydrogen (secondary N) is 2. The first kappa shape index (κ1) is 17.5. The molecule has 0 unspecified atom stereocenters. The molecule has 1 aliphatic rings. The van der Waals surface area contributed by atoms with Gasteiger partial charge in [-0.05, 0) is 46.0 Å². The normalized spacial score (nSPS) is 14.3. The fourth-order valence-corrected chi connectivity index (χ4v) is 3.12. The van der Waals surface area contributed by atoms with E-state index < -0.39 is 0 Å². The molecule has 4 heteroatoms. The number of rotatable bonds is 7. The third-order valence-electron chi connectivity index (χ3n) is 4.35. The Kier molecular flexibility index (Phi) is 6.04.